The van der Waals surface area contributed by atoms with Gasteiger partial charge in [0, 0.05) is 52.4 Å². The summed E-state index contributed by atoms with van der Waals surface area (Å²) in [6.07, 6.45) is 2.41. The third-order valence-corrected chi connectivity index (χ3v) is 12.9. The molecule has 4 nitrogen and oxygen atoms in total. The fraction of sp³-hybridized carbons (Fsp3) is 0.103. The van der Waals surface area contributed by atoms with Gasteiger partial charge >= 0.3 is 0 Å². The Kier molecular flexibility index (Phi) is 9.84. The number of hydrogen-bond donors (Lipinski definition) is 0. The third kappa shape index (κ3) is 6.56. The van der Waals surface area contributed by atoms with Gasteiger partial charge in [-0.1, -0.05) is 157 Å². The molecule has 2 aliphatic rings. The van der Waals surface area contributed by atoms with Crippen LogP contribution in [0.4, 0.5) is 0 Å². The second-order valence-corrected chi connectivity index (χ2v) is 16.5. The van der Waals surface area contributed by atoms with E-state index in [1.165, 1.54) is 107 Å². The van der Waals surface area contributed by atoms with E-state index < -0.39 is 0 Å². The Morgan fingerprint density at radius 3 is 1.42 bits per heavy atom. The molecule has 300 valence electrons. The molecule has 4 heteroatoms. The maximum absolute atomic E-state index is 11.9. The van der Waals surface area contributed by atoms with Gasteiger partial charge < -0.3 is 4.57 Å². The standard InChI is InChI=1S/C17H14.C15H12.C13H9NO2.C13H11N/c1-11-5-6-14-8-7-12-3-2-4-13-9-10-15(11)17(14)16(12)13;1-11-14-8-4-2-6-12(14)10-13-7-3-5-9-15(11)13;1-14-12(15)9-6-2-4-8-5-3-7-10(11(8)9)13(14)16;1-14-12-8-4-2-6-10(12)11-7-3-5-9-13(11)14/h2-4,7-10H,5-6H2,1H3;2-10H,1H3;2-7H,1H3;2-9H,1H3. The number of aryl methyl sites for hydroxylation is 3. The molecule has 13 rings (SSSR count). The van der Waals surface area contributed by atoms with E-state index in [2.05, 4.69) is 171 Å². The molecule has 1 aliphatic heterocycles. The van der Waals surface area contributed by atoms with Gasteiger partial charge in [-0.25, -0.2) is 0 Å². The van der Waals surface area contributed by atoms with Crippen molar-refractivity contribution in [3.05, 3.63) is 209 Å². The molecule has 0 spiro atoms. The molecule has 0 atom stereocenters. The summed E-state index contributed by atoms with van der Waals surface area (Å²) in [7, 11) is 3.63. The lowest BCUT2D eigenvalue weighted by atomic mass is 9.87. The molecule has 0 bridgehead atoms. The monoisotopic (exact) mass is 802 g/mol. The van der Waals surface area contributed by atoms with Crippen LogP contribution in [0.3, 0.4) is 0 Å². The zero-order valence-electron chi connectivity index (χ0n) is 35.4. The second kappa shape index (κ2) is 15.8. The average molecular weight is 803 g/mol. The lowest BCUT2D eigenvalue weighted by Gasteiger charge is -2.23. The normalized spacial score (nSPS) is 13.0. The van der Waals surface area contributed by atoms with Crippen molar-refractivity contribution in [2.45, 2.75) is 26.7 Å². The zero-order chi connectivity index (χ0) is 42.5. The Morgan fingerprint density at radius 1 is 0.403 bits per heavy atom. The molecule has 0 radical (unpaired) electrons. The van der Waals surface area contributed by atoms with Crippen molar-refractivity contribution >= 4 is 93.1 Å². The quantitative estimate of drug-likeness (QED) is 0.113. The van der Waals surface area contributed by atoms with Crippen molar-refractivity contribution in [1.29, 1.82) is 0 Å². The fourth-order valence-corrected chi connectivity index (χ4v) is 9.68. The number of benzene rings is 10. The summed E-state index contributed by atoms with van der Waals surface area (Å²) in [5, 5.41) is 16.9. The van der Waals surface area contributed by atoms with Gasteiger partial charge in [0.25, 0.3) is 11.8 Å². The molecule has 0 unspecified atom stereocenters. The molecule has 11 aromatic rings. The highest BCUT2D eigenvalue weighted by atomic mass is 16.2. The van der Waals surface area contributed by atoms with Crippen molar-refractivity contribution in [2.24, 2.45) is 7.05 Å². The van der Waals surface area contributed by atoms with Crippen LogP contribution in [0, 0.1) is 6.92 Å². The van der Waals surface area contributed by atoms with Crippen molar-refractivity contribution in [3.63, 3.8) is 0 Å². The van der Waals surface area contributed by atoms with Crippen LogP contribution in [0.2, 0.25) is 0 Å². The van der Waals surface area contributed by atoms with Gasteiger partial charge in [-0.2, -0.15) is 0 Å². The number of carbonyl (C=O) groups is 2. The second-order valence-electron chi connectivity index (χ2n) is 16.5. The Bertz CT molecular complexity index is 3460. The van der Waals surface area contributed by atoms with E-state index in [9.17, 15) is 9.59 Å². The molecule has 0 fully saturated rings. The molecular formula is C58H46N2O2. The van der Waals surface area contributed by atoms with Gasteiger partial charge in [-0.3, -0.25) is 14.5 Å². The molecule has 0 saturated carbocycles. The van der Waals surface area contributed by atoms with Crippen LogP contribution in [-0.2, 0) is 13.5 Å². The van der Waals surface area contributed by atoms with Crippen LogP contribution in [0.15, 0.2) is 182 Å². The fourth-order valence-electron chi connectivity index (χ4n) is 9.68. The Hall–Kier alpha value is -7.56. The SMILES string of the molecule is CC1=c2ccc3cccc4ccc(c2c43)CC1.CN1C(=O)c2cccc3cccc(c23)C1=O.Cc1c2ccccc2cc2ccccc12.Cn1c2ccccc2c2ccccc21. The van der Waals surface area contributed by atoms with Gasteiger partial charge in [0.05, 0.1) is 0 Å². The maximum atomic E-state index is 11.9. The van der Waals surface area contributed by atoms with E-state index in [1.807, 2.05) is 24.3 Å². The van der Waals surface area contributed by atoms with Crippen molar-refractivity contribution < 1.29 is 9.59 Å². The number of hydrogen-bond acceptors (Lipinski definition) is 2. The highest BCUT2D eigenvalue weighted by molar-refractivity contribution is 6.25. The molecule has 0 saturated heterocycles. The van der Waals surface area contributed by atoms with Crippen LogP contribution in [0.1, 0.15) is 45.2 Å². The van der Waals surface area contributed by atoms with E-state index in [-0.39, 0.29) is 11.8 Å². The summed E-state index contributed by atoms with van der Waals surface area (Å²) >= 11 is 0. The predicted octanol–water partition coefficient (Wildman–Crippen LogP) is 13.5. The first-order valence-corrected chi connectivity index (χ1v) is 21.3. The molecule has 2 heterocycles. The van der Waals surface area contributed by atoms with E-state index in [4.69, 9.17) is 0 Å². The summed E-state index contributed by atoms with van der Waals surface area (Å²) < 4.78 is 2.24. The topological polar surface area (TPSA) is 42.3 Å². The number of nitrogens with zero attached hydrogens (tertiary/aromatic N) is 2. The van der Waals surface area contributed by atoms with Crippen molar-refractivity contribution in [1.82, 2.24) is 9.47 Å². The Balaban J connectivity index is 0.0000000988. The minimum Gasteiger partial charge on any atom is -0.344 e. The third-order valence-electron chi connectivity index (χ3n) is 12.9. The van der Waals surface area contributed by atoms with E-state index in [0.717, 1.165) is 15.7 Å². The molecule has 10 aromatic carbocycles. The molecule has 1 aliphatic carbocycles. The van der Waals surface area contributed by atoms with Crippen LogP contribution >= 0.6 is 0 Å². The Morgan fingerprint density at radius 2 is 0.855 bits per heavy atom. The van der Waals surface area contributed by atoms with Gasteiger partial charge in [0.1, 0.15) is 0 Å². The van der Waals surface area contributed by atoms with E-state index in [0.29, 0.717) is 11.1 Å². The molecule has 62 heavy (non-hydrogen) atoms. The smallest absolute Gasteiger partial charge is 0.261 e. The zero-order valence-corrected chi connectivity index (χ0v) is 35.4. The van der Waals surface area contributed by atoms with Crippen LogP contribution in [0.5, 0.6) is 0 Å². The number of fused-ring (bicyclic) bond motifs is 5. The summed E-state index contributed by atoms with van der Waals surface area (Å²) in [5.41, 5.74) is 8.25. The highest BCUT2D eigenvalue weighted by Crippen LogP contribution is 2.32. The number of para-hydroxylation sites is 2. The minimum absolute atomic E-state index is 0.227. The summed E-state index contributed by atoms with van der Waals surface area (Å²) in [6, 6.07) is 63.2. The summed E-state index contributed by atoms with van der Waals surface area (Å²) in [4.78, 5) is 25.0. The summed E-state index contributed by atoms with van der Waals surface area (Å²) in [6.45, 7) is 4.47. The Labute approximate surface area is 360 Å². The van der Waals surface area contributed by atoms with Crippen molar-refractivity contribution in [2.75, 3.05) is 7.05 Å². The number of carbonyl (C=O) groups excluding carboxylic acids is 2. The minimum atomic E-state index is -0.228. The van der Waals surface area contributed by atoms with Crippen molar-refractivity contribution in [3.8, 4) is 0 Å². The number of imide groups is 1. The summed E-state index contributed by atoms with van der Waals surface area (Å²) in [5.74, 6) is -0.455. The van der Waals surface area contributed by atoms with Gasteiger partial charge in [-0.15, -0.1) is 0 Å². The first-order chi connectivity index (χ1) is 30.3. The molecule has 0 N–H and O–H groups in total. The molecule has 1 aromatic heterocycles. The largest absolute Gasteiger partial charge is 0.344 e. The molecular weight excluding hydrogens is 757 g/mol. The maximum Gasteiger partial charge on any atom is 0.261 e. The first-order valence-electron chi connectivity index (χ1n) is 21.3. The first kappa shape index (κ1) is 38.6. The van der Waals surface area contributed by atoms with Crippen LogP contribution in [0.25, 0.3) is 81.2 Å². The average Bonchev–Trinajstić information content (AvgIpc) is 3.61. The number of amides is 2. The van der Waals surface area contributed by atoms with Crippen LogP contribution < -0.4 is 5.22 Å². The predicted molar refractivity (Wildman–Crippen MR) is 261 cm³/mol. The van der Waals surface area contributed by atoms with E-state index in [1.54, 1.807) is 12.1 Å². The lowest BCUT2D eigenvalue weighted by molar-refractivity contribution is 0.0650. The van der Waals surface area contributed by atoms with E-state index >= 15 is 0 Å². The number of aromatic nitrogens is 1. The lowest BCUT2D eigenvalue weighted by Crippen LogP contribution is -2.36. The molecule has 2 amide bonds. The number of rotatable bonds is 0. The van der Waals surface area contributed by atoms with Gasteiger partial charge in [-0.05, 0) is 122 Å². The van der Waals surface area contributed by atoms with Gasteiger partial charge in [0.15, 0.2) is 0 Å². The highest BCUT2D eigenvalue weighted by Gasteiger charge is 2.29. The van der Waals surface area contributed by atoms with Crippen LogP contribution in [-0.4, -0.2) is 28.3 Å². The van der Waals surface area contributed by atoms with Gasteiger partial charge in [0.2, 0.25) is 0 Å².